The van der Waals surface area contributed by atoms with Crippen molar-refractivity contribution in [3.63, 3.8) is 0 Å². The second-order valence-corrected chi connectivity index (χ2v) is 5.09. The minimum Gasteiger partial charge on any atom is -0.393 e. The molecular formula is C16H25NO2. The molecule has 0 aliphatic heterocycles. The molecular weight excluding hydrogens is 238 g/mol. The van der Waals surface area contributed by atoms with Crippen molar-refractivity contribution in [1.29, 1.82) is 0 Å². The van der Waals surface area contributed by atoms with E-state index < -0.39 is 0 Å². The van der Waals surface area contributed by atoms with Crippen LogP contribution in [0, 0.1) is 0 Å². The summed E-state index contributed by atoms with van der Waals surface area (Å²) in [5.74, 6) is 0. The number of hydrogen-bond acceptors (Lipinski definition) is 3. The number of benzene rings is 1. The van der Waals surface area contributed by atoms with Gasteiger partial charge in [-0.05, 0) is 32.3 Å². The first-order chi connectivity index (χ1) is 9.08. The number of hydrogen-bond donors (Lipinski definition) is 3. The van der Waals surface area contributed by atoms with E-state index in [-0.39, 0.29) is 12.2 Å². The second-order valence-electron chi connectivity index (χ2n) is 5.09. The highest BCUT2D eigenvalue weighted by Gasteiger charge is 2.05. The first-order valence-electron chi connectivity index (χ1n) is 6.86. The van der Waals surface area contributed by atoms with Gasteiger partial charge in [0.25, 0.3) is 0 Å². The topological polar surface area (TPSA) is 52.5 Å². The molecule has 106 valence electrons. The van der Waals surface area contributed by atoms with Gasteiger partial charge < -0.3 is 15.5 Å². The van der Waals surface area contributed by atoms with Crippen molar-refractivity contribution in [2.45, 2.75) is 45.4 Å². The quantitative estimate of drug-likeness (QED) is 0.498. The predicted molar refractivity (Wildman–Crippen MR) is 78.8 cm³/mol. The summed E-state index contributed by atoms with van der Waals surface area (Å²) in [5.41, 5.74) is 2.36. The summed E-state index contributed by atoms with van der Waals surface area (Å²) in [7, 11) is 0. The lowest BCUT2D eigenvalue weighted by atomic mass is 10.0. The SMILES string of the molecule is CC(O)CC(=CCNCc1ccccc1)CC(C)O. The zero-order valence-corrected chi connectivity index (χ0v) is 11.8. The van der Waals surface area contributed by atoms with Crippen LogP contribution in [0.2, 0.25) is 0 Å². The first kappa shape index (κ1) is 15.9. The van der Waals surface area contributed by atoms with E-state index in [9.17, 15) is 10.2 Å². The number of rotatable bonds is 8. The third-order valence-electron chi connectivity index (χ3n) is 2.82. The van der Waals surface area contributed by atoms with Crippen LogP contribution in [0.4, 0.5) is 0 Å². The van der Waals surface area contributed by atoms with Crippen LogP contribution in [0.5, 0.6) is 0 Å². The van der Waals surface area contributed by atoms with E-state index in [4.69, 9.17) is 0 Å². The van der Waals surface area contributed by atoms with Crippen LogP contribution < -0.4 is 5.32 Å². The standard InChI is InChI=1S/C16H25NO2/c1-13(18)10-16(11-14(2)19)8-9-17-12-15-6-4-3-5-7-15/h3-8,13-14,17-19H,9-12H2,1-2H3. The summed E-state index contributed by atoms with van der Waals surface area (Å²) in [6.45, 7) is 5.12. The van der Waals surface area contributed by atoms with Crippen molar-refractivity contribution in [2.75, 3.05) is 6.54 Å². The first-order valence-corrected chi connectivity index (χ1v) is 6.86. The van der Waals surface area contributed by atoms with Crippen LogP contribution in [0.25, 0.3) is 0 Å². The van der Waals surface area contributed by atoms with E-state index in [1.54, 1.807) is 13.8 Å². The maximum atomic E-state index is 9.43. The van der Waals surface area contributed by atoms with Crippen LogP contribution in [0.3, 0.4) is 0 Å². The molecule has 3 heteroatoms. The average Bonchev–Trinajstić information content (AvgIpc) is 2.34. The van der Waals surface area contributed by atoms with Crippen molar-refractivity contribution in [2.24, 2.45) is 0 Å². The Labute approximate surface area is 116 Å². The lowest BCUT2D eigenvalue weighted by molar-refractivity contribution is 0.175. The van der Waals surface area contributed by atoms with E-state index in [2.05, 4.69) is 23.5 Å². The minimum absolute atomic E-state index is 0.362. The number of aliphatic hydroxyl groups is 2. The highest BCUT2D eigenvalue weighted by molar-refractivity contribution is 5.14. The fourth-order valence-corrected chi connectivity index (χ4v) is 2.04. The van der Waals surface area contributed by atoms with Gasteiger partial charge in [-0.3, -0.25) is 0 Å². The summed E-state index contributed by atoms with van der Waals surface area (Å²) in [4.78, 5) is 0. The molecule has 19 heavy (non-hydrogen) atoms. The Hall–Kier alpha value is -1.16. The third kappa shape index (κ3) is 7.78. The van der Waals surface area contributed by atoms with Crippen molar-refractivity contribution < 1.29 is 10.2 Å². The summed E-state index contributed by atoms with van der Waals surface area (Å²) >= 11 is 0. The highest BCUT2D eigenvalue weighted by Crippen LogP contribution is 2.12. The van der Waals surface area contributed by atoms with Gasteiger partial charge >= 0.3 is 0 Å². The molecule has 0 amide bonds. The molecule has 0 saturated carbocycles. The van der Waals surface area contributed by atoms with Gasteiger partial charge in [0.2, 0.25) is 0 Å². The molecule has 2 atom stereocenters. The fourth-order valence-electron chi connectivity index (χ4n) is 2.04. The van der Waals surface area contributed by atoms with Gasteiger partial charge in [0.05, 0.1) is 12.2 Å². The molecule has 0 bridgehead atoms. The summed E-state index contributed by atoms with van der Waals surface area (Å²) < 4.78 is 0. The van der Waals surface area contributed by atoms with Gasteiger partial charge in [-0.2, -0.15) is 0 Å². The Bertz CT molecular complexity index is 360. The second kappa shape index (κ2) is 8.86. The van der Waals surface area contributed by atoms with Gasteiger partial charge in [0, 0.05) is 13.1 Å². The molecule has 0 fully saturated rings. The highest BCUT2D eigenvalue weighted by atomic mass is 16.3. The molecule has 1 aromatic rings. The molecule has 1 aromatic carbocycles. The van der Waals surface area contributed by atoms with Crippen molar-refractivity contribution in [1.82, 2.24) is 5.32 Å². The predicted octanol–water partition coefficient (Wildman–Crippen LogP) is 2.24. The summed E-state index contributed by atoms with van der Waals surface area (Å²) in [6, 6.07) is 10.2. The smallest absolute Gasteiger partial charge is 0.0549 e. The molecule has 3 N–H and O–H groups in total. The van der Waals surface area contributed by atoms with Gasteiger partial charge in [0.15, 0.2) is 0 Å². The molecule has 3 nitrogen and oxygen atoms in total. The third-order valence-corrected chi connectivity index (χ3v) is 2.82. The maximum absolute atomic E-state index is 9.43. The molecule has 0 aliphatic rings. The van der Waals surface area contributed by atoms with Crippen LogP contribution in [0.1, 0.15) is 32.3 Å². The van der Waals surface area contributed by atoms with Gasteiger partial charge in [-0.25, -0.2) is 0 Å². The molecule has 0 saturated heterocycles. The molecule has 0 aliphatic carbocycles. The summed E-state index contributed by atoms with van der Waals surface area (Å²) in [6.07, 6.45) is 2.59. The van der Waals surface area contributed by atoms with E-state index in [0.29, 0.717) is 12.8 Å². The molecule has 0 spiro atoms. The fraction of sp³-hybridized carbons (Fsp3) is 0.500. The largest absolute Gasteiger partial charge is 0.393 e. The van der Waals surface area contributed by atoms with Gasteiger partial charge in [0.1, 0.15) is 0 Å². The van der Waals surface area contributed by atoms with Crippen molar-refractivity contribution >= 4 is 0 Å². The van der Waals surface area contributed by atoms with Gasteiger partial charge in [-0.15, -0.1) is 0 Å². The number of nitrogens with one attached hydrogen (secondary N) is 1. The monoisotopic (exact) mass is 263 g/mol. The Kier molecular flexibility index (Phi) is 7.41. The molecule has 2 unspecified atom stereocenters. The lowest BCUT2D eigenvalue weighted by Crippen LogP contribution is -2.15. The lowest BCUT2D eigenvalue weighted by Gasteiger charge is -2.12. The zero-order chi connectivity index (χ0) is 14.1. The Morgan fingerprint density at radius 1 is 1.11 bits per heavy atom. The Balaban J connectivity index is 2.38. The maximum Gasteiger partial charge on any atom is 0.0549 e. The Morgan fingerprint density at radius 3 is 2.21 bits per heavy atom. The minimum atomic E-state index is -0.362. The normalized spacial score (nSPS) is 13.9. The molecule has 0 heterocycles. The molecule has 0 aromatic heterocycles. The molecule has 1 rings (SSSR count). The van der Waals surface area contributed by atoms with Gasteiger partial charge in [-0.1, -0.05) is 42.0 Å². The van der Waals surface area contributed by atoms with Crippen molar-refractivity contribution in [3.8, 4) is 0 Å². The Morgan fingerprint density at radius 2 is 1.68 bits per heavy atom. The van der Waals surface area contributed by atoms with Crippen LogP contribution in [-0.2, 0) is 6.54 Å². The molecule has 0 radical (unpaired) electrons. The average molecular weight is 263 g/mol. The van der Waals surface area contributed by atoms with E-state index in [1.807, 2.05) is 18.2 Å². The van der Waals surface area contributed by atoms with Crippen LogP contribution >= 0.6 is 0 Å². The van der Waals surface area contributed by atoms with Crippen molar-refractivity contribution in [3.05, 3.63) is 47.5 Å². The van der Waals surface area contributed by atoms with E-state index in [1.165, 1.54) is 5.56 Å². The zero-order valence-electron chi connectivity index (χ0n) is 11.8. The van der Waals surface area contributed by atoms with Crippen LogP contribution in [0.15, 0.2) is 42.0 Å². The summed E-state index contributed by atoms with van der Waals surface area (Å²) in [5, 5.41) is 22.2. The van der Waals surface area contributed by atoms with Crippen LogP contribution in [-0.4, -0.2) is 29.0 Å². The van der Waals surface area contributed by atoms with E-state index >= 15 is 0 Å². The van der Waals surface area contributed by atoms with E-state index in [0.717, 1.165) is 18.7 Å². The number of aliphatic hydroxyl groups excluding tert-OH is 2.